The van der Waals surface area contributed by atoms with Crippen LogP contribution in [0.5, 0.6) is 0 Å². The lowest BCUT2D eigenvalue weighted by Crippen LogP contribution is -2.31. The van der Waals surface area contributed by atoms with E-state index in [1.165, 1.54) is 11.9 Å². The second kappa shape index (κ2) is 7.70. The third-order valence-corrected chi connectivity index (χ3v) is 4.64. The van der Waals surface area contributed by atoms with Crippen molar-refractivity contribution in [2.75, 3.05) is 25.6 Å². The maximum atomic E-state index is 12.9. The predicted molar refractivity (Wildman–Crippen MR) is 98.1 cm³/mol. The fourth-order valence-electron chi connectivity index (χ4n) is 2.29. The Bertz CT molecular complexity index is 795. The second-order valence-electron chi connectivity index (χ2n) is 5.04. The van der Waals surface area contributed by atoms with Crippen molar-refractivity contribution in [2.24, 2.45) is 4.99 Å². The van der Waals surface area contributed by atoms with E-state index in [1.54, 1.807) is 37.4 Å². The van der Waals surface area contributed by atoms with E-state index in [9.17, 15) is 4.79 Å². The van der Waals surface area contributed by atoms with Crippen LogP contribution in [0.25, 0.3) is 0 Å². The van der Waals surface area contributed by atoms with Gasteiger partial charge < -0.3 is 10.1 Å². The highest BCUT2D eigenvalue weighted by molar-refractivity contribution is 7.98. The third kappa shape index (κ3) is 3.56. The molecule has 2 aromatic carbocycles. The molecule has 0 bridgehead atoms. The van der Waals surface area contributed by atoms with Gasteiger partial charge in [-0.25, -0.2) is 4.99 Å². The molecule has 0 aliphatic carbocycles. The van der Waals surface area contributed by atoms with E-state index in [1.807, 2.05) is 12.1 Å². The lowest BCUT2D eigenvalue weighted by atomic mass is 10.0. The molecule has 0 saturated heterocycles. The second-order valence-corrected chi connectivity index (χ2v) is 6.30. The van der Waals surface area contributed by atoms with Crippen LogP contribution in [0.2, 0.25) is 5.02 Å². The van der Waals surface area contributed by atoms with Gasteiger partial charge in [0, 0.05) is 18.2 Å². The van der Waals surface area contributed by atoms with Gasteiger partial charge in [0.15, 0.2) is 5.78 Å². The van der Waals surface area contributed by atoms with Crippen molar-refractivity contribution in [3.05, 3.63) is 58.6 Å². The van der Waals surface area contributed by atoms with E-state index >= 15 is 0 Å². The van der Waals surface area contributed by atoms with Crippen molar-refractivity contribution in [1.29, 1.82) is 0 Å². The van der Waals surface area contributed by atoms with Crippen molar-refractivity contribution in [1.82, 2.24) is 4.72 Å². The van der Waals surface area contributed by atoms with E-state index in [4.69, 9.17) is 16.3 Å². The van der Waals surface area contributed by atoms with Crippen molar-refractivity contribution >= 4 is 41.0 Å². The molecule has 0 saturated carbocycles. The average molecular weight is 362 g/mol. The van der Waals surface area contributed by atoms with Crippen molar-refractivity contribution < 1.29 is 9.53 Å². The molecule has 0 amide bonds. The van der Waals surface area contributed by atoms with Gasteiger partial charge in [0.2, 0.25) is 5.96 Å². The van der Waals surface area contributed by atoms with E-state index < -0.39 is 0 Å². The van der Waals surface area contributed by atoms with Gasteiger partial charge in [-0.1, -0.05) is 29.8 Å². The summed E-state index contributed by atoms with van der Waals surface area (Å²) in [5.41, 5.74) is 1.78. The molecule has 1 heterocycles. The van der Waals surface area contributed by atoms with Crippen LogP contribution in [-0.4, -0.2) is 32.0 Å². The number of anilines is 1. The number of hydrogen-bond acceptors (Lipinski definition) is 4. The minimum absolute atomic E-state index is 0.122. The summed E-state index contributed by atoms with van der Waals surface area (Å²) in [7, 11) is 1.63. The quantitative estimate of drug-likeness (QED) is 0.484. The third-order valence-electron chi connectivity index (χ3n) is 3.46. The molecule has 5 nitrogen and oxygen atoms in total. The largest absolute Gasteiger partial charge is 0.383 e. The Balaban J connectivity index is 1.93. The van der Waals surface area contributed by atoms with Crippen molar-refractivity contribution in [2.45, 2.75) is 4.90 Å². The molecule has 2 N–H and O–H groups in total. The zero-order valence-electron chi connectivity index (χ0n) is 13.0. The van der Waals surface area contributed by atoms with Crippen LogP contribution in [0.3, 0.4) is 0 Å². The summed E-state index contributed by atoms with van der Waals surface area (Å²) >= 11 is 7.59. The number of fused-ring (bicyclic) bond motifs is 1. The first-order chi connectivity index (χ1) is 11.7. The number of ketones is 1. The number of nitrogens with one attached hydrogen (secondary N) is 2. The van der Waals surface area contributed by atoms with E-state index in [0.717, 1.165) is 10.6 Å². The molecule has 0 atom stereocenters. The summed E-state index contributed by atoms with van der Waals surface area (Å²) in [5, 5.41) is 3.63. The fraction of sp³-hybridized carbons (Fsp3) is 0.176. The monoisotopic (exact) mass is 361 g/mol. The van der Waals surface area contributed by atoms with Gasteiger partial charge in [-0.3, -0.25) is 9.52 Å². The molecule has 2 aromatic rings. The van der Waals surface area contributed by atoms with E-state index in [0.29, 0.717) is 35.3 Å². The highest BCUT2D eigenvalue weighted by atomic mass is 35.5. The molecule has 0 fully saturated rings. The number of carbonyl (C=O) groups excluding carboxylic acids is 1. The number of aliphatic imine (C=N–C) groups is 1. The molecule has 124 valence electrons. The Morgan fingerprint density at radius 1 is 1.21 bits per heavy atom. The number of para-hydroxylation sites is 1. The number of nitrogens with zero attached hydrogens (tertiary/aromatic N) is 1. The number of methoxy groups -OCH3 is 1. The van der Waals surface area contributed by atoms with Gasteiger partial charge in [-0.15, -0.1) is 0 Å². The van der Waals surface area contributed by atoms with Crippen LogP contribution in [0.1, 0.15) is 15.9 Å². The van der Waals surface area contributed by atoms with Crippen molar-refractivity contribution in [3.63, 3.8) is 0 Å². The van der Waals surface area contributed by atoms with Crippen LogP contribution in [0.15, 0.2) is 52.4 Å². The molecule has 7 heteroatoms. The van der Waals surface area contributed by atoms with Gasteiger partial charge in [0.05, 0.1) is 28.8 Å². The molecule has 0 aromatic heterocycles. The SMILES string of the molecule is COCCN=C1NSc2cccc(C(=O)c3ccccc3Cl)c2N1. The average Bonchev–Trinajstić information content (AvgIpc) is 2.61. The zero-order valence-corrected chi connectivity index (χ0v) is 14.6. The molecule has 3 rings (SSSR count). The molecule has 1 aliphatic rings. The van der Waals surface area contributed by atoms with Gasteiger partial charge in [0.25, 0.3) is 0 Å². The van der Waals surface area contributed by atoms with Crippen LogP contribution >= 0.6 is 23.5 Å². The topological polar surface area (TPSA) is 62.7 Å². The molecule has 1 aliphatic heterocycles. The molecular formula is C17H16ClN3O2S. The van der Waals surface area contributed by atoms with Crippen LogP contribution < -0.4 is 10.0 Å². The summed E-state index contributed by atoms with van der Waals surface area (Å²) in [6, 6.07) is 12.6. The van der Waals surface area contributed by atoms with E-state index in [2.05, 4.69) is 15.0 Å². The van der Waals surface area contributed by atoms with Gasteiger partial charge in [0.1, 0.15) is 0 Å². The maximum absolute atomic E-state index is 12.9. The van der Waals surface area contributed by atoms with Crippen molar-refractivity contribution in [3.8, 4) is 0 Å². The first-order valence-corrected chi connectivity index (χ1v) is 8.55. The Hall–Kier alpha value is -2.02. The predicted octanol–water partition coefficient (Wildman–Crippen LogP) is 3.60. The van der Waals surface area contributed by atoms with E-state index in [-0.39, 0.29) is 5.78 Å². The number of halogens is 1. The Kier molecular flexibility index (Phi) is 5.40. The van der Waals surface area contributed by atoms with Crippen LogP contribution in [-0.2, 0) is 4.74 Å². The summed E-state index contributed by atoms with van der Waals surface area (Å²) in [5.74, 6) is 0.479. The standard InChI is InChI=1S/C17H16ClN3O2S/c1-23-10-9-19-17-20-15-12(6-4-8-14(15)24-21-17)16(22)11-5-2-3-7-13(11)18/h2-8H,9-10H2,1H3,(H2,19,20,21). The molecule has 0 spiro atoms. The maximum Gasteiger partial charge on any atom is 0.206 e. The number of rotatable bonds is 5. The first-order valence-electron chi connectivity index (χ1n) is 7.36. The highest BCUT2D eigenvalue weighted by Gasteiger charge is 2.22. The molecular weight excluding hydrogens is 346 g/mol. The Morgan fingerprint density at radius 2 is 2.00 bits per heavy atom. The summed E-state index contributed by atoms with van der Waals surface area (Å²) in [6.45, 7) is 1.06. The summed E-state index contributed by atoms with van der Waals surface area (Å²) in [4.78, 5) is 18.2. The molecule has 0 unspecified atom stereocenters. The summed E-state index contributed by atoms with van der Waals surface area (Å²) < 4.78 is 8.11. The lowest BCUT2D eigenvalue weighted by Gasteiger charge is -2.22. The fourth-order valence-corrected chi connectivity index (χ4v) is 3.25. The Labute approximate surface area is 149 Å². The molecule has 0 radical (unpaired) electrons. The van der Waals surface area contributed by atoms with Crippen LogP contribution in [0.4, 0.5) is 5.69 Å². The van der Waals surface area contributed by atoms with Gasteiger partial charge in [-0.05, 0) is 36.2 Å². The van der Waals surface area contributed by atoms with Crippen LogP contribution in [0, 0.1) is 0 Å². The highest BCUT2D eigenvalue weighted by Crippen LogP contribution is 2.34. The zero-order chi connectivity index (χ0) is 16.9. The normalized spacial score (nSPS) is 14.7. The number of carbonyl (C=O) groups is 1. The van der Waals surface area contributed by atoms with Gasteiger partial charge in [-0.2, -0.15) is 0 Å². The number of ether oxygens (including phenoxy) is 1. The molecule has 24 heavy (non-hydrogen) atoms. The van der Waals surface area contributed by atoms with Gasteiger partial charge >= 0.3 is 0 Å². The smallest absolute Gasteiger partial charge is 0.206 e. The number of guanidine groups is 1. The number of hydrogen-bond donors (Lipinski definition) is 2. The minimum atomic E-state index is -0.122. The number of benzene rings is 2. The lowest BCUT2D eigenvalue weighted by molar-refractivity contribution is 0.103. The summed E-state index contributed by atoms with van der Waals surface area (Å²) in [6.07, 6.45) is 0. The Morgan fingerprint density at radius 3 is 2.79 bits per heavy atom. The first kappa shape index (κ1) is 16.8. The minimum Gasteiger partial charge on any atom is -0.383 e.